The van der Waals surface area contributed by atoms with E-state index in [1.165, 1.54) is 16.7 Å². The normalized spacial score (nSPS) is 22.1. The molecular formula is C26H23N3O5S. The quantitative estimate of drug-likeness (QED) is 0.353. The molecule has 5 rings (SSSR count). The van der Waals surface area contributed by atoms with Crippen molar-refractivity contribution < 1.29 is 24.3 Å². The highest BCUT2D eigenvalue weighted by Gasteiger charge is 2.40. The van der Waals surface area contributed by atoms with Crippen LogP contribution in [-0.2, 0) is 19.2 Å². The zero-order valence-corrected chi connectivity index (χ0v) is 19.5. The smallest absolute Gasteiger partial charge is 0.307 e. The lowest BCUT2D eigenvalue weighted by Crippen LogP contribution is -2.34. The van der Waals surface area contributed by atoms with Crippen LogP contribution in [0.3, 0.4) is 0 Å². The number of H-pyrrole nitrogens is 1. The number of nitrogens with zero attached hydrogens (tertiary/aromatic N) is 1. The second kappa shape index (κ2) is 9.42. The standard InChI is InChI=1S/C26H23N3O5S/c30-23-14-22(25(32)29(23)17-8-5-15-11-12-27-21(15)13-17)35-18-9-6-16(7-10-18)28-24(31)19-3-1-2-4-20(19)26(33)34/h1-2,5-13,19-20,22,27H,3-4,14H2,(H,28,31)(H,33,34). The molecule has 0 spiro atoms. The van der Waals surface area contributed by atoms with E-state index in [1.54, 1.807) is 42.5 Å². The Morgan fingerprint density at radius 1 is 1.00 bits per heavy atom. The molecule has 0 saturated carbocycles. The van der Waals surface area contributed by atoms with Gasteiger partial charge in [-0.2, -0.15) is 0 Å². The van der Waals surface area contributed by atoms with Crippen molar-refractivity contribution in [1.82, 2.24) is 4.98 Å². The molecule has 1 fully saturated rings. The molecule has 35 heavy (non-hydrogen) atoms. The van der Waals surface area contributed by atoms with Crippen molar-refractivity contribution in [2.45, 2.75) is 29.4 Å². The van der Waals surface area contributed by atoms with Crippen molar-refractivity contribution in [3.8, 4) is 0 Å². The molecule has 3 aromatic rings. The van der Waals surface area contributed by atoms with Crippen LogP contribution in [0.15, 0.2) is 71.8 Å². The summed E-state index contributed by atoms with van der Waals surface area (Å²) in [4.78, 5) is 54.9. The van der Waals surface area contributed by atoms with Gasteiger partial charge in [-0.15, -0.1) is 11.8 Å². The van der Waals surface area contributed by atoms with Crippen molar-refractivity contribution in [2.24, 2.45) is 11.8 Å². The molecule has 1 saturated heterocycles. The number of aromatic nitrogens is 1. The fraction of sp³-hybridized carbons (Fsp3) is 0.231. The largest absolute Gasteiger partial charge is 0.481 e. The third-order valence-electron chi connectivity index (χ3n) is 6.39. The number of rotatable bonds is 6. The summed E-state index contributed by atoms with van der Waals surface area (Å²) < 4.78 is 0. The number of thioether (sulfide) groups is 1. The van der Waals surface area contributed by atoms with E-state index >= 15 is 0 Å². The SMILES string of the molecule is O=C(O)C1CC=CCC1C(=O)Nc1ccc(SC2CC(=O)N(c3ccc4cc[nH]c4c3)C2=O)cc1. The van der Waals surface area contributed by atoms with E-state index < -0.39 is 23.1 Å². The summed E-state index contributed by atoms with van der Waals surface area (Å²) in [6, 6.07) is 14.4. The molecule has 2 aliphatic rings. The summed E-state index contributed by atoms with van der Waals surface area (Å²) in [6.07, 6.45) is 6.28. The summed E-state index contributed by atoms with van der Waals surface area (Å²) >= 11 is 1.31. The van der Waals surface area contributed by atoms with Crippen LogP contribution in [-0.4, -0.2) is 39.0 Å². The average Bonchev–Trinajstić information content (AvgIpc) is 3.43. The Bertz CT molecular complexity index is 1350. The van der Waals surface area contributed by atoms with Gasteiger partial charge in [0.15, 0.2) is 0 Å². The highest BCUT2D eigenvalue weighted by molar-refractivity contribution is 8.00. The first-order valence-electron chi connectivity index (χ1n) is 11.3. The molecule has 8 nitrogen and oxygen atoms in total. The van der Waals surface area contributed by atoms with Crippen LogP contribution in [0.2, 0.25) is 0 Å². The fourth-order valence-corrected chi connectivity index (χ4v) is 5.59. The van der Waals surface area contributed by atoms with E-state index in [-0.39, 0.29) is 24.1 Å². The van der Waals surface area contributed by atoms with Gasteiger partial charge in [0.25, 0.3) is 0 Å². The Kier molecular flexibility index (Phi) is 6.17. The number of aliphatic carboxylic acids is 1. The number of carboxylic acids is 1. The van der Waals surface area contributed by atoms with Crippen molar-refractivity contribution in [3.05, 3.63) is 66.9 Å². The molecule has 1 aliphatic heterocycles. The Hall–Kier alpha value is -3.85. The number of aromatic amines is 1. The van der Waals surface area contributed by atoms with Crippen LogP contribution in [0, 0.1) is 11.8 Å². The van der Waals surface area contributed by atoms with Gasteiger partial charge in [0, 0.05) is 28.7 Å². The second-order valence-electron chi connectivity index (χ2n) is 8.63. The van der Waals surface area contributed by atoms with Crippen molar-refractivity contribution in [3.63, 3.8) is 0 Å². The highest BCUT2D eigenvalue weighted by Crippen LogP contribution is 2.35. The number of allylic oxidation sites excluding steroid dienone is 2. The van der Waals surface area contributed by atoms with Crippen LogP contribution >= 0.6 is 11.8 Å². The maximum absolute atomic E-state index is 13.0. The van der Waals surface area contributed by atoms with E-state index in [2.05, 4.69) is 10.3 Å². The van der Waals surface area contributed by atoms with Crippen LogP contribution in [0.1, 0.15) is 19.3 Å². The van der Waals surface area contributed by atoms with Gasteiger partial charge in [-0.25, -0.2) is 4.90 Å². The van der Waals surface area contributed by atoms with Gasteiger partial charge in [-0.3, -0.25) is 19.2 Å². The van der Waals surface area contributed by atoms with E-state index in [0.29, 0.717) is 24.2 Å². The number of amides is 3. The fourth-order valence-electron chi connectivity index (χ4n) is 4.54. The predicted octanol–water partition coefficient (Wildman–Crippen LogP) is 4.20. The van der Waals surface area contributed by atoms with E-state index in [1.807, 2.05) is 24.4 Å². The molecule has 2 heterocycles. The van der Waals surface area contributed by atoms with Gasteiger partial charge in [-0.05, 0) is 60.7 Å². The molecule has 3 unspecified atom stereocenters. The van der Waals surface area contributed by atoms with Gasteiger partial charge < -0.3 is 15.4 Å². The summed E-state index contributed by atoms with van der Waals surface area (Å²) in [6.45, 7) is 0. The van der Waals surface area contributed by atoms with Crippen molar-refractivity contribution in [1.29, 1.82) is 0 Å². The molecule has 0 bridgehead atoms. The number of fused-ring (bicyclic) bond motifs is 1. The summed E-state index contributed by atoms with van der Waals surface area (Å²) in [5.41, 5.74) is 1.96. The zero-order valence-electron chi connectivity index (χ0n) is 18.6. The molecule has 3 atom stereocenters. The molecule has 3 N–H and O–H groups in total. The van der Waals surface area contributed by atoms with Crippen molar-refractivity contribution >= 4 is 57.7 Å². The number of carbonyl (C=O) groups excluding carboxylic acids is 3. The number of hydrogen-bond acceptors (Lipinski definition) is 5. The highest BCUT2D eigenvalue weighted by atomic mass is 32.2. The Balaban J connectivity index is 1.23. The first kappa shape index (κ1) is 22.9. The lowest BCUT2D eigenvalue weighted by molar-refractivity contribution is -0.146. The predicted molar refractivity (Wildman–Crippen MR) is 133 cm³/mol. The van der Waals surface area contributed by atoms with E-state index in [9.17, 15) is 24.3 Å². The lowest BCUT2D eigenvalue weighted by Gasteiger charge is -2.24. The number of carboxylic acid groups (broad SMARTS) is 1. The Labute approximate surface area is 205 Å². The first-order chi connectivity index (χ1) is 16.9. The molecule has 2 aromatic carbocycles. The topological polar surface area (TPSA) is 120 Å². The molecule has 1 aliphatic carbocycles. The monoisotopic (exact) mass is 489 g/mol. The lowest BCUT2D eigenvalue weighted by atomic mass is 9.82. The molecule has 0 radical (unpaired) electrons. The van der Waals surface area contributed by atoms with Crippen molar-refractivity contribution in [2.75, 3.05) is 10.2 Å². The third-order valence-corrected chi connectivity index (χ3v) is 7.59. The molecule has 3 amide bonds. The van der Waals surface area contributed by atoms with Gasteiger partial charge in [0.2, 0.25) is 17.7 Å². The molecule has 178 valence electrons. The first-order valence-corrected chi connectivity index (χ1v) is 12.2. The average molecular weight is 490 g/mol. The van der Waals surface area contributed by atoms with Crippen LogP contribution < -0.4 is 10.2 Å². The Morgan fingerprint density at radius 2 is 1.74 bits per heavy atom. The minimum Gasteiger partial charge on any atom is -0.481 e. The zero-order chi connectivity index (χ0) is 24.5. The summed E-state index contributed by atoms with van der Waals surface area (Å²) in [5.74, 6) is -3.15. The minimum atomic E-state index is -0.973. The number of benzene rings is 2. The van der Waals surface area contributed by atoms with Crippen LogP contribution in [0.25, 0.3) is 10.9 Å². The summed E-state index contributed by atoms with van der Waals surface area (Å²) in [7, 11) is 0. The molecular weight excluding hydrogens is 466 g/mol. The van der Waals surface area contributed by atoms with Crippen LogP contribution in [0.4, 0.5) is 11.4 Å². The second-order valence-corrected chi connectivity index (χ2v) is 9.91. The van der Waals surface area contributed by atoms with Gasteiger partial charge in [-0.1, -0.05) is 18.2 Å². The summed E-state index contributed by atoms with van der Waals surface area (Å²) in [5, 5.41) is 12.7. The number of carbonyl (C=O) groups is 4. The van der Waals surface area contributed by atoms with Gasteiger partial charge in [0.1, 0.15) is 0 Å². The van der Waals surface area contributed by atoms with Gasteiger partial charge >= 0.3 is 5.97 Å². The van der Waals surface area contributed by atoms with E-state index in [4.69, 9.17) is 0 Å². The Morgan fingerprint density at radius 3 is 2.49 bits per heavy atom. The number of nitrogens with one attached hydrogen (secondary N) is 2. The molecule has 1 aromatic heterocycles. The number of imide groups is 1. The van der Waals surface area contributed by atoms with Crippen LogP contribution in [0.5, 0.6) is 0 Å². The maximum Gasteiger partial charge on any atom is 0.307 e. The molecule has 9 heteroatoms. The third kappa shape index (κ3) is 4.59. The number of anilines is 2. The number of hydrogen-bond donors (Lipinski definition) is 3. The van der Waals surface area contributed by atoms with E-state index in [0.717, 1.165) is 15.8 Å². The van der Waals surface area contributed by atoms with Gasteiger partial charge in [0.05, 0.1) is 22.8 Å². The maximum atomic E-state index is 13.0. The minimum absolute atomic E-state index is 0.108.